The van der Waals surface area contributed by atoms with E-state index < -0.39 is 11.6 Å². The Morgan fingerprint density at radius 2 is 1.47 bits per heavy atom. The van der Waals surface area contributed by atoms with Crippen LogP contribution in [0.5, 0.6) is 5.75 Å². The number of hydrogen-bond acceptors (Lipinski definition) is 3. The second kappa shape index (κ2) is 4.84. The van der Waals surface area contributed by atoms with Crippen LogP contribution in [0.3, 0.4) is 0 Å². The van der Waals surface area contributed by atoms with E-state index in [9.17, 15) is 9.59 Å². The van der Waals surface area contributed by atoms with Gasteiger partial charge in [0, 0.05) is 11.6 Å². The fourth-order valence-corrected chi connectivity index (χ4v) is 1.83. The molecule has 1 aliphatic rings. The molecule has 2 rings (SSSR count). The Morgan fingerprint density at radius 3 is 2.05 bits per heavy atom. The van der Waals surface area contributed by atoms with E-state index in [0.717, 1.165) is 5.57 Å². The van der Waals surface area contributed by atoms with Gasteiger partial charge in [0.15, 0.2) is 0 Å². The minimum Gasteiger partial charge on any atom is -0.457 e. The Labute approximate surface area is 112 Å². The predicted octanol–water partition coefficient (Wildman–Crippen LogP) is 3.07. The van der Waals surface area contributed by atoms with Gasteiger partial charge in [-0.05, 0) is 23.6 Å². The summed E-state index contributed by atoms with van der Waals surface area (Å²) in [6.45, 7) is 5.93. The van der Waals surface area contributed by atoms with Crippen LogP contribution in [0.25, 0.3) is 0 Å². The van der Waals surface area contributed by atoms with Crippen LogP contribution in [0.2, 0.25) is 0 Å². The molecule has 0 saturated carbocycles. The zero-order chi connectivity index (χ0) is 14.0. The largest absolute Gasteiger partial charge is 0.457 e. The van der Waals surface area contributed by atoms with E-state index in [2.05, 4.69) is 0 Å². The molecule has 0 heterocycles. The van der Waals surface area contributed by atoms with Crippen molar-refractivity contribution in [2.75, 3.05) is 0 Å². The lowest BCUT2D eigenvalue weighted by atomic mass is 9.82. The van der Waals surface area contributed by atoms with Gasteiger partial charge in [-0.25, -0.2) is 0 Å². The van der Waals surface area contributed by atoms with Gasteiger partial charge in [0.2, 0.25) is 11.6 Å². The van der Waals surface area contributed by atoms with Crippen molar-refractivity contribution in [3.63, 3.8) is 0 Å². The van der Waals surface area contributed by atoms with Crippen LogP contribution in [0.15, 0.2) is 53.8 Å². The number of ether oxygens (including phenoxy) is 1. The number of benzene rings is 1. The SMILES string of the molecule is CC(C)(C)C1=CC(=O)C(=O)C=C1Oc1ccccc1. The molecular formula is C16H16O3. The van der Waals surface area contributed by atoms with Gasteiger partial charge >= 0.3 is 0 Å². The molecule has 19 heavy (non-hydrogen) atoms. The van der Waals surface area contributed by atoms with Gasteiger partial charge in [-0.15, -0.1) is 0 Å². The van der Waals surface area contributed by atoms with E-state index in [1.165, 1.54) is 12.2 Å². The Bertz CT molecular complexity index is 572. The smallest absolute Gasteiger partial charge is 0.229 e. The van der Waals surface area contributed by atoms with Crippen LogP contribution in [-0.2, 0) is 9.59 Å². The number of ketones is 2. The third-order valence-electron chi connectivity index (χ3n) is 2.82. The summed E-state index contributed by atoms with van der Waals surface area (Å²) >= 11 is 0. The molecular weight excluding hydrogens is 240 g/mol. The van der Waals surface area contributed by atoms with Crippen molar-refractivity contribution in [2.45, 2.75) is 20.8 Å². The maximum absolute atomic E-state index is 11.5. The predicted molar refractivity (Wildman–Crippen MR) is 72.7 cm³/mol. The van der Waals surface area contributed by atoms with E-state index in [1.54, 1.807) is 0 Å². The van der Waals surface area contributed by atoms with Gasteiger partial charge in [-0.1, -0.05) is 39.0 Å². The molecule has 0 saturated heterocycles. The number of hydrogen-bond donors (Lipinski definition) is 0. The minimum absolute atomic E-state index is 0.267. The number of allylic oxidation sites excluding steroid dienone is 3. The highest BCUT2D eigenvalue weighted by Gasteiger charge is 2.29. The minimum atomic E-state index is -0.543. The van der Waals surface area contributed by atoms with Crippen molar-refractivity contribution < 1.29 is 14.3 Å². The topological polar surface area (TPSA) is 43.4 Å². The first-order chi connectivity index (χ1) is 8.88. The Balaban J connectivity index is 2.36. The fraction of sp³-hybridized carbons (Fsp3) is 0.250. The molecule has 0 aromatic heterocycles. The molecule has 0 N–H and O–H groups in total. The summed E-state index contributed by atoms with van der Waals surface area (Å²) in [5.41, 5.74) is 0.470. The highest BCUT2D eigenvalue weighted by atomic mass is 16.5. The van der Waals surface area contributed by atoms with E-state index in [-0.39, 0.29) is 5.41 Å². The van der Waals surface area contributed by atoms with Gasteiger partial charge in [0.05, 0.1) is 0 Å². The van der Waals surface area contributed by atoms with Crippen molar-refractivity contribution in [3.05, 3.63) is 53.8 Å². The van der Waals surface area contributed by atoms with E-state index in [4.69, 9.17) is 4.74 Å². The summed E-state index contributed by atoms with van der Waals surface area (Å²) < 4.78 is 5.73. The molecule has 1 aromatic rings. The Morgan fingerprint density at radius 1 is 0.895 bits per heavy atom. The van der Waals surface area contributed by atoms with Crippen molar-refractivity contribution >= 4 is 11.6 Å². The van der Waals surface area contributed by atoms with Crippen LogP contribution in [-0.4, -0.2) is 11.6 Å². The zero-order valence-corrected chi connectivity index (χ0v) is 11.3. The molecule has 98 valence electrons. The molecule has 0 amide bonds. The Kier molecular flexibility index (Phi) is 3.38. The number of carbonyl (C=O) groups excluding carboxylic acids is 2. The second-order valence-electron chi connectivity index (χ2n) is 5.46. The average molecular weight is 256 g/mol. The zero-order valence-electron chi connectivity index (χ0n) is 11.3. The van der Waals surface area contributed by atoms with E-state index >= 15 is 0 Å². The van der Waals surface area contributed by atoms with Gasteiger partial charge in [-0.2, -0.15) is 0 Å². The standard InChI is InChI=1S/C16H16O3/c1-16(2,3)12-9-13(17)14(18)10-15(12)19-11-7-5-4-6-8-11/h4-10H,1-3H3. The number of para-hydroxylation sites is 1. The molecule has 0 unspecified atom stereocenters. The first-order valence-electron chi connectivity index (χ1n) is 6.13. The van der Waals surface area contributed by atoms with Gasteiger partial charge in [-0.3, -0.25) is 9.59 Å². The maximum atomic E-state index is 11.5. The summed E-state index contributed by atoms with van der Waals surface area (Å²) in [5, 5.41) is 0. The van der Waals surface area contributed by atoms with E-state index in [0.29, 0.717) is 11.5 Å². The molecule has 0 fully saturated rings. The van der Waals surface area contributed by atoms with Gasteiger partial charge in [0.25, 0.3) is 0 Å². The monoisotopic (exact) mass is 256 g/mol. The summed E-state index contributed by atoms with van der Waals surface area (Å²) in [7, 11) is 0. The van der Waals surface area contributed by atoms with Crippen molar-refractivity contribution in [3.8, 4) is 5.75 Å². The van der Waals surface area contributed by atoms with E-state index in [1.807, 2.05) is 51.1 Å². The molecule has 0 bridgehead atoms. The van der Waals surface area contributed by atoms with Crippen LogP contribution in [0.4, 0.5) is 0 Å². The quantitative estimate of drug-likeness (QED) is 0.603. The normalized spacial score (nSPS) is 15.9. The summed E-state index contributed by atoms with van der Waals surface area (Å²) in [6.07, 6.45) is 2.65. The molecule has 0 radical (unpaired) electrons. The van der Waals surface area contributed by atoms with Crippen LogP contribution >= 0.6 is 0 Å². The lowest BCUT2D eigenvalue weighted by Gasteiger charge is -2.26. The fourth-order valence-electron chi connectivity index (χ4n) is 1.83. The van der Waals surface area contributed by atoms with Crippen molar-refractivity contribution in [1.29, 1.82) is 0 Å². The molecule has 3 heteroatoms. The third-order valence-corrected chi connectivity index (χ3v) is 2.82. The van der Waals surface area contributed by atoms with Gasteiger partial charge < -0.3 is 4.74 Å². The molecule has 1 aliphatic carbocycles. The molecule has 0 spiro atoms. The lowest BCUT2D eigenvalue weighted by Crippen LogP contribution is -2.24. The summed E-state index contributed by atoms with van der Waals surface area (Å²) in [6, 6.07) is 9.21. The lowest BCUT2D eigenvalue weighted by molar-refractivity contribution is -0.131. The Hall–Kier alpha value is -2.16. The first-order valence-corrected chi connectivity index (χ1v) is 6.13. The van der Waals surface area contributed by atoms with Crippen molar-refractivity contribution in [1.82, 2.24) is 0 Å². The summed E-state index contributed by atoms with van der Waals surface area (Å²) in [5.74, 6) is 0.0543. The average Bonchev–Trinajstić information content (AvgIpc) is 2.33. The summed E-state index contributed by atoms with van der Waals surface area (Å²) in [4.78, 5) is 23.0. The highest BCUT2D eigenvalue weighted by Crippen LogP contribution is 2.34. The van der Waals surface area contributed by atoms with Crippen molar-refractivity contribution in [2.24, 2.45) is 5.41 Å². The molecule has 3 nitrogen and oxygen atoms in total. The van der Waals surface area contributed by atoms with Crippen LogP contribution in [0.1, 0.15) is 20.8 Å². The maximum Gasteiger partial charge on any atom is 0.229 e. The molecule has 1 aromatic carbocycles. The number of carbonyl (C=O) groups is 2. The first kappa shape index (κ1) is 13.3. The molecule has 0 atom stereocenters. The van der Waals surface area contributed by atoms with Gasteiger partial charge in [0.1, 0.15) is 11.5 Å². The highest BCUT2D eigenvalue weighted by molar-refractivity contribution is 6.46. The van der Waals surface area contributed by atoms with Crippen LogP contribution < -0.4 is 4.74 Å². The number of rotatable bonds is 2. The third kappa shape index (κ3) is 2.99. The van der Waals surface area contributed by atoms with Crippen LogP contribution in [0, 0.1) is 5.41 Å². The second-order valence-corrected chi connectivity index (χ2v) is 5.46. The molecule has 0 aliphatic heterocycles.